The fourth-order valence-corrected chi connectivity index (χ4v) is 2.35. The van der Waals surface area contributed by atoms with Crippen molar-refractivity contribution in [1.82, 2.24) is 5.32 Å². The fourth-order valence-electron chi connectivity index (χ4n) is 1.59. The van der Waals surface area contributed by atoms with Crippen LogP contribution in [0.3, 0.4) is 0 Å². The average Bonchev–Trinajstić information content (AvgIpc) is 2.51. The smallest absolute Gasteiger partial charge is 0.253 e. The molecule has 0 radical (unpaired) electrons. The normalized spacial score (nSPS) is 13.2. The van der Waals surface area contributed by atoms with Gasteiger partial charge < -0.3 is 21.5 Å². The third kappa shape index (κ3) is 7.33. The Morgan fingerprint density at radius 1 is 1.33 bits per heavy atom. The van der Waals surface area contributed by atoms with Gasteiger partial charge in [0.05, 0.1) is 10.9 Å². The third-order valence-electron chi connectivity index (χ3n) is 2.72. The molecule has 134 valence electrons. The molecular weight excluding hydrogens is 386 g/mol. The molecule has 24 heavy (non-hydrogen) atoms. The Balaban J connectivity index is 0.00000163. The van der Waals surface area contributed by atoms with Crippen LogP contribution in [0.15, 0.2) is 29.2 Å². The molecule has 0 saturated heterocycles. The lowest BCUT2D eigenvalue weighted by Crippen LogP contribution is -2.43. The molecule has 1 rings (SSSR count). The minimum absolute atomic E-state index is 0.0702. The summed E-state index contributed by atoms with van der Waals surface area (Å²) in [5, 5.41) is 12.2. The highest BCUT2D eigenvalue weighted by Crippen LogP contribution is 2.20. The van der Waals surface area contributed by atoms with Crippen LogP contribution in [-0.4, -0.2) is 43.2 Å². The van der Waals surface area contributed by atoms with Crippen molar-refractivity contribution in [3.8, 4) is 0 Å². The maximum atomic E-state index is 12.9. The van der Waals surface area contributed by atoms with E-state index in [-0.39, 0.29) is 10.5 Å². The predicted octanol–water partition coefficient (Wildman–Crippen LogP) is 2.25. The van der Waals surface area contributed by atoms with Gasteiger partial charge in [-0.2, -0.15) is 0 Å². The first kappa shape index (κ1) is 22.4. The molecule has 0 fully saturated rings. The quantitative estimate of drug-likeness (QED) is 0.327. The Kier molecular flexibility index (Phi) is 9.64. The molecule has 12 heteroatoms. The van der Waals surface area contributed by atoms with E-state index in [0.717, 1.165) is 6.26 Å². The number of hydrogen-bond donors (Lipinski definition) is 2. The van der Waals surface area contributed by atoms with Gasteiger partial charge in [-0.3, -0.25) is 9.71 Å². The van der Waals surface area contributed by atoms with E-state index in [9.17, 15) is 22.7 Å². The Bertz CT molecular complexity index is 679. The highest BCUT2D eigenvalue weighted by molar-refractivity contribution is 7.90. The first-order valence-corrected chi connectivity index (χ1v) is 8.95. The highest BCUT2D eigenvalue weighted by atomic mass is 35.5. The summed E-state index contributed by atoms with van der Waals surface area (Å²) in [5.74, 6) is -0.826. The molecule has 8 nitrogen and oxygen atoms in total. The number of sulfone groups is 1. The summed E-state index contributed by atoms with van der Waals surface area (Å²) in [7, 11) is -3.36. The SMILES string of the molecule is CS(=O)(=O)c1ccc([C@@H](O)[C@@H](CF)NC(=O)C(Cl)Cl)cc1.[N-]=[N+]=[N-]. The van der Waals surface area contributed by atoms with E-state index in [1.807, 2.05) is 0 Å². The van der Waals surface area contributed by atoms with Crippen molar-refractivity contribution in [3.05, 3.63) is 45.8 Å². The van der Waals surface area contributed by atoms with Crippen LogP contribution in [0.2, 0.25) is 0 Å². The molecule has 0 saturated carbocycles. The Labute approximate surface area is 147 Å². The molecule has 0 aliphatic rings. The summed E-state index contributed by atoms with van der Waals surface area (Å²) < 4.78 is 35.6. The lowest BCUT2D eigenvalue weighted by molar-refractivity contribution is -0.121. The van der Waals surface area contributed by atoms with Gasteiger partial charge in [0.25, 0.3) is 5.91 Å². The van der Waals surface area contributed by atoms with Crippen molar-refractivity contribution in [3.63, 3.8) is 0 Å². The predicted molar refractivity (Wildman–Crippen MR) is 88.0 cm³/mol. The maximum Gasteiger partial charge on any atom is 0.253 e. The second-order valence-corrected chi connectivity index (χ2v) is 7.56. The summed E-state index contributed by atoms with van der Waals surface area (Å²) in [6, 6.07) is 4.03. The van der Waals surface area contributed by atoms with E-state index in [4.69, 9.17) is 34.3 Å². The third-order valence-corrected chi connectivity index (χ3v) is 4.25. The zero-order chi connectivity index (χ0) is 18.9. The molecular formula is C12H14Cl2FN4O4S-. The van der Waals surface area contributed by atoms with Gasteiger partial charge in [-0.05, 0) is 17.7 Å². The largest absolute Gasteiger partial charge is 0.386 e. The van der Waals surface area contributed by atoms with Crippen molar-refractivity contribution in [2.24, 2.45) is 0 Å². The Morgan fingerprint density at radius 2 is 1.79 bits per heavy atom. The van der Waals surface area contributed by atoms with Crippen molar-refractivity contribution < 1.29 is 22.7 Å². The van der Waals surface area contributed by atoms with Crippen LogP contribution in [0.5, 0.6) is 0 Å². The molecule has 0 unspecified atom stereocenters. The first-order valence-electron chi connectivity index (χ1n) is 6.19. The summed E-state index contributed by atoms with van der Waals surface area (Å²) in [6.07, 6.45) is -0.316. The lowest BCUT2D eigenvalue weighted by Gasteiger charge is -2.22. The molecule has 1 amide bonds. The fraction of sp³-hybridized carbons (Fsp3) is 0.417. The van der Waals surface area contributed by atoms with Gasteiger partial charge in [-0.15, -0.1) is 0 Å². The number of rotatable bonds is 6. The number of aliphatic hydroxyl groups excluding tert-OH is 1. The molecule has 0 spiro atoms. The number of nitrogens with zero attached hydrogens (tertiary/aromatic N) is 3. The average molecular weight is 400 g/mol. The van der Waals surface area contributed by atoms with Gasteiger partial charge in [-0.25, -0.2) is 12.8 Å². The number of alkyl halides is 3. The number of amides is 1. The number of carbonyl (C=O) groups excluding carboxylic acids is 1. The number of aliphatic hydroxyl groups is 1. The summed E-state index contributed by atoms with van der Waals surface area (Å²) in [4.78, 5) is 11.5. The number of benzene rings is 1. The van der Waals surface area contributed by atoms with Crippen LogP contribution in [0.25, 0.3) is 16.0 Å². The van der Waals surface area contributed by atoms with Crippen molar-refractivity contribution in [2.45, 2.75) is 21.9 Å². The molecule has 1 aromatic carbocycles. The van der Waals surface area contributed by atoms with E-state index in [1.54, 1.807) is 0 Å². The van der Waals surface area contributed by atoms with Gasteiger partial charge in [0.2, 0.25) is 0 Å². The number of hydrogen-bond acceptors (Lipinski definition) is 4. The summed E-state index contributed by atoms with van der Waals surface area (Å²) in [6.45, 7) is -1.04. The van der Waals surface area contributed by atoms with Crippen LogP contribution in [0, 0.1) is 0 Å². The van der Waals surface area contributed by atoms with E-state index in [0.29, 0.717) is 0 Å². The molecule has 0 heterocycles. The van der Waals surface area contributed by atoms with Crippen LogP contribution >= 0.6 is 23.2 Å². The second kappa shape index (κ2) is 10.3. The van der Waals surface area contributed by atoms with Crippen LogP contribution in [-0.2, 0) is 14.6 Å². The highest BCUT2D eigenvalue weighted by Gasteiger charge is 2.25. The zero-order valence-corrected chi connectivity index (χ0v) is 14.6. The van der Waals surface area contributed by atoms with Crippen LogP contribution in [0.4, 0.5) is 4.39 Å². The van der Waals surface area contributed by atoms with E-state index < -0.39 is 39.4 Å². The van der Waals surface area contributed by atoms with E-state index >= 15 is 0 Å². The molecule has 1 aromatic rings. The number of nitrogens with one attached hydrogen (secondary N) is 1. The molecule has 0 aliphatic heterocycles. The van der Waals surface area contributed by atoms with Gasteiger partial charge >= 0.3 is 0 Å². The first-order chi connectivity index (χ1) is 11.1. The van der Waals surface area contributed by atoms with Crippen molar-refractivity contribution >= 4 is 38.9 Å². The minimum atomic E-state index is -3.36. The second-order valence-electron chi connectivity index (χ2n) is 4.45. The number of carbonyl (C=O) groups is 1. The van der Waals surface area contributed by atoms with E-state index in [2.05, 4.69) is 5.32 Å². The summed E-state index contributed by atoms with van der Waals surface area (Å²) >= 11 is 10.7. The topological polar surface area (TPSA) is 142 Å². The van der Waals surface area contributed by atoms with Gasteiger partial charge in [0.1, 0.15) is 12.8 Å². The molecule has 2 N–H and O–H groups in total. The molecule has 2 atom stereocenters. The van der Waals surface area contributed by atoms with Crippen molar-refractivity contribution in [2.75, 3.05) is 12.9 Å². The van der Waals surface area contributed by atoms with Gasteiger partial charge in [0, 0.05) is 6.26 Å². The van der Waals surface area contributed by atoms with Crippen LogP contribution in [0.1, 0.15) is 11.7 Å². The van der Waals surface area contributed by atoms with Crippen molar-refractivity contribution in [1.29, 1.82) is 0 Å². The zero-order valence-electron chi connectivity index (χ0n) is 12.3. The van der Waals surface area contributed by atoms with Gasteiger partial charge in [-0.1, -0.05) is 35.3 Å². The van der Waals surface area contributed by atoms with Gasteiger partial charge in [0.15, 0.2) is 14.7 Å². The standard InChI is InChI=1S/C12H14Cl2FNO4S.N3/c1-21(19,20)8-4-2-7(3-5-8)10(17)9(6-15)16-12(18)11(13)14;1-3-2/h2-5,9-11,17H,6H2,1H3,(H,16,18);/q;-1/t9-,10-;/m1./s1. The Morgan fingerprint density at radius 3 is 2.12 bits per heavy atom. The Hall–Kier alpha value is -1.58. The number of halogens is 3. The maximum absolute atomic E-state index is 12.9. The summed E-state index contributed by atoms with van der Waals surface area (Å²) in [5.41, 5.74) is 13.8. The molecule has 0 aromatic heterocycles. The lowest BCUT2D eigenvalue weighted by atomic mass is 10.0. The molecule has 0 aliphatic carbocycles. The van der Waals surface area contributed by atoms with E-state index in [1.165, 1.54) is 29.2 Å². The molecule has 0 bridgehead atoms. The van der Waals surface area contributed by atoms with Crippen LogP contribution < -0.4 is 5.32 Å². The monoisotopic (exact) mass is 399 g/mol. The minimum Gasteiger partial charge on any atom is -0.386 e.